The Morgan fingerprint density at radius 3 is 1.97 bits per heavy atom. The van der Waals surface area contributed by atoms with E-state index in [9.17, 15) is 4.79 Å². The zero-order chi connectivity index (χ0) is 24.6. The molecular weight excluding hydrogens is 457 g/mol. The number of carbonyl (C=O) groups excluding carboxylic acids is 1. The van der Waals surface area contributed by atoms with Gasteiger partial charge >= 0.3 is 5.97 Å². The lowest BCUT2D eigenvalue weighted by Gasteiger charge is -2.48. The van der Waals surface area contributed by atoms with Crippen molar-refractivity contribution in [2.24, 2.45) is 5.73 Å². The summed E-state index contributed by atoms with van der Waals surface area (Å²) >= 11 is 1.39. The average molecular weight is 503 g/mol. The molecule has 0 amide bonds. The average Bonchev–Trinajstić information content (AvgIpc) is 3.31. The van der Waals surface area contributed by atoms with E-state index in [1.165, 1.54) is 11.3 Å². The van der Waals surface area contributed by atoms with Gasteiger partial charge in [0.15, 0.2) is 22.3 Å². The van der Waals surface area contributed by atoms with Gasteiger partial charge in [-0.3, -0.25) is 0 Å². The molecule has 0 spiro atoms. The summed E-state index contributed by atoms with van der Waals surface area (Å²) in [6.45, 7) is 19.7. The van der Waals surface area contributed by atoms with E-state index in [1.54, 1.807) is 12.3 Å². The Bertz CT molecular complexity index is 693. The van der Waals surface area contributed by atoms with Crippen molar-refractivity contribution in [1.82, 2.24) is 4.98 Å². The first-order valence-electron chi connectivity index (χ1n) is 12.3. The Hall–Kier alpha value is -0.586. The van der Waals surface area contributed by atoms with Gasteiger partial charge in [0.2, 0.25) is 0 Å². The molecule has 0 aliphatic heterocycles. The van der Waals surface area contributed by atoms with Crippen LogP contribution in [0.3, 0.4) is 0 Å². The van der Waals surface area contributed by atoms with E-state index in [0.717, 1.165) is 36.3 Å². The van der Waals surface area contributed by atoms with E-state index in [4.69, 9.17) is 19.3 Å². The Morgan fingerprint density at radius 2 is 1.53 bits per heavy atom. The highest BCUT2D eigenvalue weighted by Crippen LogP contribution is 2.40. The molecule has 186 valence electrons. The summed E-state index contributed by atoms with van der Waals surface area (Å²) in [6, 6.07) is 5.78. The minimum atomic E-state index is -2.00. The van der Waals surface area contributed by atoms with Crippen molar-refractivity contribution in [3.8, 4) is 0 Å². The van der Waals surface area contributed by atoms with Crippen LogP contribution < -0.4 is 5.73 Å². The number of ether oxygens (including phenoxy) is 1. The quantitative estimate of drug-likeness (QED) is 0.217. The second kappa shape index (κ2) is 12.8. The van der Waals surface area contributed by atoms with Crippen molar-refractivity contribution < 1.29 is 18.4 Å². The molecule has 2 N–H and O–H groups in total. The summed E-state index contributed by atoms with van der Waals surface area (Å²) < 4.78 is 19.1. The third-order valence-electron chi connectivity index (χ3n) is 7.43. The molecule has 0 fully saturated rings. The molecule has 1 aromatic rings. The summed E-state index contributed by atoms with van der Waals surface area (Å²) in [5, 5.41) is 2.42. The van der Waals surface area contributed by atoms with Crippen LogP contribution in [0.2, 0.25) is 36.3 Å². The van der Waals surface area contributed by atoms with Gasteiger partial charge in [-0.15, -0.1) is 11.3 Å². The molecule has 0 aromatic carbocycles. The minimum Gasteiger partial charge on any atom is -0.461 e. The first kappa shape index (κ1) is 29.4. The minimum absolute atomic E-state index is 0.185. The third-order valence-corrected chi connectivity index (χ3v) is 17.8. The smallest absolute Gasteiger partial charge is 0.357 e. The lowest BCUT2D eigenvalue weighted by Crippen LogP contribution is -2.59. The standard InChI is InChI=1S/C23H46N2O4SSi2/c1-10-27-22(26)19-17-30-21(25-19)20(24)23(9,29-32(14-5,15-6)16-7)18(8)28-31(11-2,12-3)13-4/h17-18,20H,10-16,24H2,1-9H3/t18-,20-,23-/m1/s1. The van der Waals surface area contributed by atoms with E-state index in [-0.39, 0.29) is 6.10 Å². The van der Waals surface area contributed by atoms with Gasteiger partial charge < -0.3 is 19.3 Å². The largest absolute Gasteiger partial charge is 0.461 e. The first-order valence-corrected chi connectivity index (χ1v) is 18.3. The van der Waals surface area contributed by atoms with E-state index in [1.807, 2.05) is 0 Å². The normalized spacial score (nSPS) is 16.4. The summed E-state index contributed by atoms with van der Waals surface area (Å²) in [5.41, 5.74) is 6.47. The molecule has 6 nitrogen and oxygen atoms in total. The van der Waals surface area contributed by atoms with Gasteiger partial charge in [0.25, 0.3) is 0 Å². The molecule has 1 aromatic heterocycles. The van der Waals surface area contributed by atoms with E-state index >= 15 is 0 Å². The molecule has 32 heavy (non-hydrogen) atoms. The third kappa shape index (κ3) is 6.51. The maximum absolute atomic E-state index is 12.2. The molecule has 0 bridgehead atoms. The number of nitrogens with zero attached hydrogens (tertiary/aromatic N) is 1. The number of esters is 1. The summed E-state index contributed by atoms with van der Waals surface area (Å²) in [4.78, 5) is 16.7. The van der Waals surface area contributed by atoms with Crippen LogP contribution in [0, 0.1) is 0 Å². The number of thiazole rings is 1. The number of hydrogen-bond acceptors (Lipinski definition) is 7. The zero-order valence-corrected chi connectivity index (χ0v) is 24.6. The molecule has 0 aliphatic rings. The van der Waals surface area contributed by atoms with Crippen molar-refractivity contribution in [2.75, 3.05) is 6.61 Å². The Morgan fingerprint density at radius 1 is 1.03 bits per heavy atom. The number of aromatic nitrogens is 1. The van der Waals surface area contributed by atoms with Crippen molar-refractivity contribution >= 4 is 33.9 Å². The molecule has 3 atom stereocenters. The van der Waals surface area contributed by atoms with Crippen molar-refractivity contribution in [3.05, 3.63) is 16.1 Å². The Balaban J connectivity index is 3.43. The Labute approximate surface area is 201 Å². The van der Waals surface area contributed by atoms with Crippen LogP contribution in [-0.2, 0) is 13.6 Å². The van der Waals surface area contributed by atoms with Crippen molar-refractivity contribution in [2.45, 2.75) is 116 Å². The molecule has 0 aliphatic carbocycles. The second-order valence-electron chi connectivity index (χ2n) is 8.80. The predicted molar refractivity (Wildman–Crippen MR) is 139 cm³/mol. The van der Waals surface area contributed by atoms with Crippen LogP contribution in [0.5, 0.6) is 0 Å². The fourth-order valence-electron chi connectivity index (χ4n) is 4.30. The number of carbonyl (C=O) groups is 1. The highest BCUT2D eigenvalue weighted by Gasteiger charge is 2.49. The van der Waals surface area contributed by atoms with Crippen LogP contribution in [0.4, 0.5) is 0 Å². The fourth-order valence-corrected chi connectivity index (χ4v) is 11.4. The summed E-state index contributed by atoms with van der Waals surface area (Å²) in [7, 11) is -3.88. The monoisotopic (exact) mass is 502 g/mol. The van der Waals surface area contributed by atoms with Gasteiger partial charge in [-0.2, -0.15) is 0 Å². The predicted octanol–water partition coefficient (Wildman–Crippen LogP) is 6.51. The molecule has 1 rings (SSSR count). The highest BCUT2D eigenvalue weighted by atomic mass is 32.1. The fraction of sp³-hybridized carbons (Fsp3) is 0.826. The SMILES string of the molecule is CCOC(=O)c1csc([C@@H](N)[C@](C)(O[Si](CC)(CC)CC)[C@@H](C)O[Si](CC)(CC)CC)n1. The van der Waals surface area contributed by atoms with Gasteiger partial charge in [-0.05, 0) is 57.0 Å². The lowest BCUT2D eigenvalue weighted by molar-refractivity contribution is -0.0509. The first-order chi connectivity index (χ1) is 15.1. The molecule has 0 unspecified atom stereocenters. The van der Waals surface area contributed by atoms with Crippen LogP contribution in [0.15, 0.2) is 5.38 Å². The topological polar surface area (TPSA) is 83.7 Å². The number of rotatable bonds is 15. The van der Waals surface area contributed by atoms with Gasteiger partial charge in [0.05, 0.1) is 24.4 Å². The van der Waals surface area contributed by atoms with E-state index in [0.29, 0.717) is 17.3 Å². The summed E-state index contributed by atoms with van der Waals surface area (Å²) in [6.07, 6.45) is -0.185. The number of nitrogens with two attached hydrogens (primary N) is 1. The van der Waals surface area contributed by atoms with Crippen LogP contribution >= 0.6 is 11.3 Å². The molecule has 0 saturated heterocycles. The summed E-state index contributed by atoms with van der Waals surface area (Å²) in [5.74, 6) is -0.414. The maximum atomic E-state index is 12.2. The maximum Gasteiger partial charge on any atom is 0.357 e. The van der Waals surface area contributed by atoms with Crippen molar-refractivity contribution in [3.63, 3.8) is 0 Å². The van der Waals surface area contributed by atoms with Gasteiger partial charge in [0.1, 0.15) is 5.01 Å². The van der Waals surface area contributed by atoms with Gasteiger partial charge in [-0.25, -0.2) is 9.78 Å². The molecule has 0 saturated carbocycles. The van der Waals surface area contributed by atoms with Crippen molar-refractivity contribution in [1.29, 1.82) is 0 Å². The Kier molecular flexibility index (Phi) is 11.7. The van der Waals surface area contributed by atoms with E-state index < -0.39 is 34.2 Å². The van der Waals surface area contributed by atoms with Crippen LogP contribution in [0.1, 0.15) is 83.9 Å². The molecular formula is C23H46N2O4SSi2. The lowest BCUT2D eigenvalue weighted by atomic mass is 9.92. The molecule has 9 heteroatoms. The second-order valence-corrected chi connectivity index (χ2v) is 19.1. The van der Waals surface area contributed by atoms with E-state index in [2.05, 4.69) is 60.4 Å². The molecule has 0 radical (unpaired) electrons. The van der Waals surface area contributed by atoms with Gasteiger partial charge in [0, 0.05) is 5.38 Å². The highest BCUT2D eigenvalue weighted by molar-refractivity contribution is 7.09. The van der Waals surface area contributed by atoms with Crippen LogP contribution in [-0.4, -0.2) is 45.9 Å². The number of hydrogen-bond donors (Lipinski definition) is 1. The zero-order valence-electron chi connectivity index (χ0n) is 21.7. The van der Waals surface area contributed by atoms with Crippen LogP contribution in [0.25, 0.3) is 0 Å². The van der Waals surface area contributed by atoms with Gasteiger partial charge in [-0.1, -0.05) is 41.5 Å². The molecule has 1 heterocycles.